The number of nitrogens with zero attached hydrogens (tertiary/aromatic N) is 2. The predicted molar refractivity (Wildman–Crippen MR) is 243 cm³/mol. The number of rotatable bonds is 21. The zero-order chi connectivity index (χ0) is 42.9. The maximum atomic E-state index is 14.5. The molecule has 0 unspecified atom stereocenters. The fraction of sp³-hybridized carbons (Fsp3) is 0.434. The molecule has 2 N–H and O–H groups in total. The zero-order valence-electron chi connectivity index (χ0n) is 36.1. The first-order valence-corrected chi connectivity index (χ1v) is 22.9. The van der Waals surface area contributed by atoms with Crippen molar-refractivity contribution in [2.75, 3.05) is 26.4 Å². The smallest absolute Gasteiger partial charge is 0.239 e. The van der Waals surface area contributed by atoms with Crippen LogP contribution in [0.4, 0.5) is 0 Å². The number of carbonyl (C=O) groups excluding carboxylic acids is 1. The number of amides is 1. The molecule has 0 bridgehead atoms. The Kier molecular flexibility index (Phi) is 14.2. The largest absolute Gasteiger partial charge is 0.459 e. The zero-order valence-corrected chi connectivity index (χ0v) is 36.1. The summed E-state index contributed by atoms with van der Waals surface area (Å²) in [5.41, 5.74) is 6.13. The van der Waals surface area contributed by atoms with Gasteiger partial charge >= 0.3 is 0 Å². The molecule has 4 aromatic rings. The molecule has 8 rings (SSSR count). The summed E-state index contributed by atoms with van der Waals surface area (Å²) in [6, 6.07) is 34.1. The topological polar surface area (TPSA) is 110 Å². The number of hydrogen-bond acceptors (Lipinski definition) is 8. The van der Waals surface area contributed by atoms with Crippen LogP contribution < -0.4 is 9.47 Å². The van der Waals surface area contributed by atoms with Crippen molar-refractivity contribution in [3.8, 4) is 28.4 Å². The highest BCUT2D eigenvalue weighted by atomic mass is 16.7. The normalized spacial score (nSPS) is 24.3. The maximum Gasteiger partial charge on any atom is 0.239 e. The van der Waals surface area contributed by atoms with Crippen molar-refractivity contribution in [2.24, 2.45) is 28.8 Å². The summed E-state index contributed by atoms with van der Waals surface area (Å²) in [5.74, 6) is 0.754. The molecule has 9 nitrogen and oxygen atoms in total. The summed E-state index contributed by atoms with van der Waals surface area (Å²) in [4.78, 5) is 22.8. The molecule has 2 fully saturated rings. The minimum atomic E-state index is -1.27. The van der Waals surface area contributed by atoms with E-state index in [1.165, 1.54) is 0 Å². The van der Waals surface area contributed by atoms with Crippen molar-refractivity contribution in [3.05, 3.63) is 139 Å². The van der Waals surface area contributed by atoms with E-state index in [4.69, 9.17) is 24.2 Å². The van der Waals surface area contributed by atoms with E-state index in [1.54, 1.807) is 6.08 Å². The van der Waals surface area contributed by atoms with E-state index in [-0.39, 0.29) is 55.3 Å². The van der Waals surface area contributed by atoms with Crippen molar-refractivity contribution in [1.29, 1.82) is 0 Å². The Bertz CT molecular complexity index is 2170. The number of ether oxygens (including phenoxy) is 3. The molecule has 3 aliphatic carbocycles. The van der Waals surface area contributed by atoms with Crippen molar-refractivity contribution >= 4 is 11.6 Å². The molecule has 1 heterocycles. The molecular formula is C53H62N2O7. The van der Waals surface area contributed by atoms with E-state index < -0.39 is 11.8 Å². The first kappa shape index (κ1) is 43.4. The van der Waals surface area contributed by atoms with E-state index in [9.17, 15) is 15.0 Å². The van der Waals surface area contributed by atoms with Gasteiger partial charge in [-0.1, -0.05) is 110 Å². The van der Waals surface area contributed by atoms with Gasteiger partial charge in [0.2, 0.25) is 11.7 Å². The first-order valence-electron chi connectivity index (χ1n) is 22.9. The predicted octanol–water partition coefficient (Wildman–Crippen LogP) is 10.6. The van der Waals surface area contributed by atoms with Crippen LogP contribution >= 0.6 is 0 Å². The second-order valence-electron chi connectivity index (χ2n) is 17.3. The minimum Gasteiger partial charge on any atom is -0.459 e. The molecule has 0 aromatic heterocycles. The average molecular weight is 839 g/mol. The lowest BCUT2D eigenvalue weighted by Crippen LogP contribution is -2.70. The molecule has 4 aliphatic rings. The molecule has 1 amide bonds. The van der Waals surface area contributed by atoms with Crippen molar-refractivity contribution < 1.29 is 34.1 Å². The molecule has 0 radical (unpaired) electrons. The van der Waals surface area contributed by atoms with Gasteiger partial charge in [-0.15, -0.1) is 6.58 Å². The maximum absolute atomic E-state index is 14.5. The fourth-order valence-electron chi connectivity index (χ4n) is 10.2. The van der Waals surface area contributed by atoms with E-state index in [0.717, 1.165) is 84.2 Å². The highest BCUT2D eigenvalue weighted by Gasteiger charge is 2.65. The van der Waals surface area contributed by atoms with Crippen LogP contribution in [0.2, 0.25) is 0 Å². The molecule has 326 valence electrons. The summed E-state index contributed by atoms with van der Waals surface area (Å²) >= 11 is 0. The lowest BCUT2D eigenvalue weighted by atomic mass is 9.55. The van der Waals surface area contributed by atoms with Gasteiger partial charge in [0.05, 0.1) is 18.2 Å². The molecule has 62 heavy (non-hydrogen) atoms. The molecular weight excluding hydrogens is 777 g/mol. The van der Waals surface area contributed by atoms with Gasteiger partial charge in [0.25, 0.3) is 0 Å². The lowest BCUT2D eigenvalue weighted by Gasteiger charge is -2.60. The van der Waals surface area contributed by atoms with Crippen LogP contribution in [-0.2, 0) is 21.0 Å². The third-order valence-electron chi connectivity index (χ3n) is 13.1. The first-order chi connectivity index (χ1) is 30.5. The Morgan fingerprint density at radius 3 is 2.27 bits per heavy atom. The van der Waals surface area contributed by atoms with Crippen molar-refractivity contribution in [2.45, 2.75) is 95.5 Å². The van der Waals surface area contributed by atoms with Gasteiger partial charge in [0.15, 0.2) is 0 Å². The number of aliphatic hydroxyl groups excluding tert-OH is 2. The van der Waals surface area contributed by atoms with E-state index in [1.807, 2.05) is 77.7 Å². The van der Waals surface area contributed by atoms with E-state index in [2.05, 4.69) is 49.9 Å². The molecule has 6 atom stereocenters. The van der Waals surface area contributed by atoms with Gasteiger partial charge in [0, 0.05) is 43.6 Å². The fourth-order valence-corrected chi connectivity index (χ4v) is 10.2. The van der Waals surface area contributed by atoms with Crippen molar-refractivity contribution in [1.82, 2.24) is 4.90 Å². The number of fused-ring (bicyclic) bond motifs is 2. The van der Waals surface area contributed by atoms with E-state index >= 15 is 0 Å². The highest BCUT2D eigenvalue weighted by molar-refractivity contribution is 6.03. The van der Waals surface area contributed by atoms with Crippen LogP contribution in [0.5, 0.6) is 17.2 Å². The second kappa shape index (κ2) is 20.3. The van der Waals surface area contributed by atoms with Gasteiger partial charge in [-0.3, -0.25) is 4.79 Å². The summed E-state index contributed by atoms with van der Waals surface area (Å²) in [5, 5.41) is 24.9. The molecule has 2 saturated carbocycles. The number of benzene rings is 4. The summed E-state index contributed by atoms with van der Waals surface area (Å²) in [6.45, 7) is 7.54. The van der Waals surface area contributed by atoms with E-state index in [0.29, 0.717) is 43.9 Å². The molecule has 0 spiro atoms. The van der Waals surface area contributed by atoms with Crippen molar-refractivity contribution in [3.63, 3.8) is 0 Å². The molecule has 0 saturated heterocycles. The Morgan fingerprint density at radius 1 is 0.887 bits per heavy atom. The van der Waals surface area contributed by atoms with Crippen LogP contribution in [0.1, 0.15) is 88.2 Å². The van der Waals surface area contributed by atoms with Crippen LogP contribution in [-0.4, -0.2) is 64.9 Å². The third kappa shape index (κ3) is 9.41. The Hall–Kier alpha value is -5.22. The second-order valence-corrected chi connectivity index (χ2v) is 17.3. The number of aliphatic hydroxyl groups is 2. The van der Waals surface area contributed by atoms with Gasteiger partial charge in [-0.05, 0) is 109 Å². The Labute approximate surface area is 367 Å². The number of hydrogen-bond donors (Lipinski definition) is 2. The van der Waals surface area contributed by atoms with Gasteiger partial charge in [-0.2, -0.15) is 0 Å². The number of allylic oxidation sites excluding steroid dienone is 1. The third-order valence-corrected chi connectivity index (χ3v) is 13.1. The SMILES string of the molecule is C=CCO[C@@]12Oc3ccc(Oc4ccc(-c5ccccc5)cc4)cc3[C@H]3[C@H](CCCCO)[C@@H](CCCCO)C=C(C(=NOCc4ccccc4)C[C@@H]1N(CCC)C(=O)C1CC1)[C@H]32. The van der Waals surface area contributed by atoms with Gasteiger partial charge in [0.1, 0.15) is 29.9 Å². The van der Waals surface area contributed by atoms with Crippen LogP contribution in [0.15, 0.2) is 133 Å². The van der Waals surface area contributed by atoms with Gasteiger partial charge < -0.3 is 34.2 Å². The molecule has 1 aliphatic heterocycles. The minimum absolute atomic E-state index is 0.00806. The number of oxime groups is 1. The number of carbonyl (C=O) groups is 1. The summed E-state index contributed by atoms with van der Waals surface area (Å²) < 4.78 is 21.2. The Morgan fingerprint density at radius 2 is 1.58 bits per heavy atom. The molecule has 9 heteroatoms. The monoisotopic (exact) mass is 838 g/mol. The molecule has 4 aromatic carbocycles. The van der Waals surface area contributed by atoms with Crippen LogP contribution in [0.3, 0.4) is 0 Å². The lowest BCUT2D eigenvalue weighted by molar-refractivity contribution is -0.257. The average Bonchev–Trinajstić information content (AvgIpc) is 4.16. The Balaban J connectivity index is 1.27. The van der Waals surface area contributed by atoms with Crippen LogP contribution in [0, 0.1) is 23.7 Å². The standard InChI is InChI=1S/C53H62N2O7/c1-3-29-55(52(58)40-21-22-40)49-35-47(54-60-36-37-15-7-5-8-16-37)45-33-41(19-11-13-30-56)44(20-12-14-31-57)50-46-34-43(27-28-48(46)62-53(49,51(45)50)59-32-4-2)61-42-25-23-39(24-26-42)38-17-9-6-10-18-38/h4-10,15-18,23-28,33-34,40-41,44,49-51,56-57H,2-3,11-14,19-22,29-32,35-36H2,1H3/t41-,44+,49-,50+,51+,53+/m0/s1. The summed E-state index contributed by atoms with van der Waals surface area (Å²) in [6.07, 6.45) is 12.0. The highest BCUT2D eigenvalue weighted by Crippen LogP contribution is 2.62. The van der Waals surface area contributed by atoms with Crippen LogP contribution in [0.25, 0.3) is 11.1 Å². The number of unbranched alkanes of at least 4 members (excludes halogenated alkanes) is 2. The summed E-state index contributed by atoms with van der Waals surface area (Å²) in [7, 11) is 0. The quantitative estimate of drug-likeness (QED) is 0.0488. The van der Waals surface area contributed by atoms with Gasteiger partial charge in [-0.25, -0.2) is 0 Å².